The number of hydrogen-bond acceptors (Lipinski definition) is 3. The Morgan fingerprint density at radius 3 is 2.25 bits per heavy atom. The molecule has 0 radical (unpaired) electrons. The zero-order valence-electron chi connectivity index (χ0n) is 13.1. The molecular formula is C16H24O4. The van der Waals surface area contributed by atoms with Crippen LogP contribution in [-0.2, 0) is 11.2 Å². The third-order valence-electron chi connectivity index (χ3n) is 3.50. The van der Waals surface area contributed by atoms with Crippen molar-refractivity contribution in [3.05, 3.63) is 23.3 Å². The van der Waals surface area contributed by atoms with Crippen LogP contribution in [-0.4, -0.2) is 25.3 Å². The molecule has 0 atom stereocenters. The zero-order chi connectivity index (χ0) is 15.5. The predicted octanol–water partition coefficient (Wildman–Crippen LogP) is 3.48. The van der Waals surface area contributed by atoms with Crippen molar-refractivity contribution < 1.29 is 19.4 Å². The highest BCUT2D eigenvalue weighted by molar-refractivity contribution is 5.74. The molecular weight excluding hydrogens is 256 g/mol. The lowest BCUT2D eigenvalue weighted by Gasteiger charge is -2.25. The van der Waals surface area contributed by atoms with Gasteiger partial charge in [-0.05, 0) is 37.8 Å². The van der Waals surface area contributed by atoms with Crippen molar-refractivity contribution in [2.24, 2.45) is 5.41 Å². The third-order valence-corrected chi connectivity index (χ3v) is 3.50. The van der Waals surface area contributed by atoms with E-state index in [0.29, 0.717) is 17.9 Å². The first-order chi connectivity index (χ1) is 9.24. The summed E-state index contributed by atoms with van der Waals surface area (Å²) in [5, 5.41) is 9.35. The normalized spacial score (nSPS) is 11.6. The zero-order valence-corrected chi connectivity index (χ0v) is 13.1. The fourth-order valence-corrected chi connectivity index (χ4v) is 2.25. The Morgan fingerprint density at radius 2 is 1.85 bits per heavy atom. The number of benzene rings is 1. The SMILES string of the molecule is COc1ccc(C(C)C)c(CC(C)(C)C(=O)O)c1OC. The second-order valence-electron chi connectivity index (χ2n) is 5.89. The molecule has 1 N–H and O–H groups in total. The van der Waals surface area contributed by atoms with Crippen LogP contribution in [0.2, 0.25) is 0 Å². The smallest absolute Gasteiger partial charge is 0.309 e. The van der Waals surface area contributed by atoms with Gasteiger partial charge >= 0.3 is 5.97 Å². The van der Waals surface area contributed by atoms with Gasteiger partial charge in [0.15, 0.2) is 11.5 Å². The summed E-state index contributed by atoms with van der Waals surface area (Å²) in [5.74, 6) is 0.729. The highest BCUT2D eigenvalue weighted by Crippen LogP contribution is 2.39. The Hall–Kier alpha value is -1.71. The molecule has 1 aromatic carbocycles. The van der Waals surface area contributed by atoms with Crippen LogP contribution in [0.4, 0.5) is 0 Å². The van der Waals surface area contributed by atoms with Crippen LogP contribution < -0.4 is 9.47 Å². The first-order valence-electron chi connectivity index (χ1n) is 6.71. The maximum Gasteiger partial charge on any atom is 0.309 e. The van der Waals surface area contributed by atoms with Gasteiger partial charge in [-0.1, -0.05) is 19.9 Å². The number of carbonyl (C=O) groups is 1. The summed E-state index contributed by atoms with van der Waals surface area (Å²) in [4.78, 5) is 11.4. The van der Waals surface area contributed by atoms with Crippen LogP contribution in [0.3, 0.4) is 0 Å². The number of aliphatic carboxylic acids is 1. The van der Waals surface area contributed by atoms with Gasteiger partial charge in [0.2, 0.25) is 0 Å². The van der Waals surface area contributed by atoms with Gasteiger partial charge < -0.3 is 14.6 Å². The molecule has 0 saturated heterocycles. The summed E-state index contributed by atoms with van der Waals surface area (Å²) in [5.41, 5.74) is 1.15. The lowest BCUT2D eigenvalue weighted by molar-refractivity contribution is -0.146. The number of ether oxygens (including phenoxy) is 2. The Morgan fingerprint density at radius 1 is 1.25 bits per heavy atom. The lowest BCUT2D eigenvalue weighted by Crippen LogP contribution is -2.27. The molecule has 1 rings (SSSR count). The fourth-order valence-electron chi connectivity index (χ4n) is 2.25. The van der Waals surface area contributed by atoms with Crippen LogP contribution in [0.5, 0.6) is 11.5 Å². The summed E-state index contributed by atoms with van der Waals surface area (Å²) in [7, 11) is 3.16. The molecule has 0 aromatic heterocycles. The molecule has 0 unspecified atom stereocenters. The van der Waals surface area contributed by atoms with Crippen LogP contribution in [0.1, 0.15) is 44.7 Å². The molecule has 112 valence electrons. The highest BCUT2D eigenvalue weighted by Gasteiger charge is 2.31. The Labute approximate surface area is 120 Å². The number of methoxy groups -OCH3 is 2. The van der Waals surface area contributed by atoms with E-state index in [2.05, 4.69) is 13.8 Å². The van der Waals surface area contributed by atoms with E-state index in [4.69, 9.17) is 9.47 Å². The summed E-state index contributed by atoms with van der Waals surface area (Å²) in [6, 6.07) is 3.85. The van der Waals surface area contributed by atoms with Crippen LogP contribution in [0.15, 0.2) is 12.1 Å². The minimum Gasteiger partial charge on any atom is -0.493 e. The summed E-state index contributed by atoms with van der Waals surface area (Å²) in [6.45, 7) is 7.60. The first-order valence-corrected chi connectivity index (χ1v) is 6.71. The fraction of sp³-hybridized carbons (Fsp3) is 0.562. The molecule has 0 aliphatic carbocycles. The minimum atomic E-state index is -0.858. The number of carboxylic acids is 1. The van der Waals surface area contributed by atoms with Crippen molar-refractivity contribution in [2.75, 3.05) is 14.2 Å². The number of hydrogen-bond donors (Lipinski definition) is 1. The Balaban J connectivity index is 3.43. The van der Waals surface area contributed by atoms with E-state index in [-0.39, 0.29) is 5.92 Å². The van der Waals surface area contributed by atoms with Gasteiger partial charge in [0, 0.05) is 5.56 Å². The molecule has 0 heterocycles. The van der Waals surface area contributed by atoms with Crippen molar-refractivity contribution in [1.29, 1.82) is 0 Å². The largest absolute Gasteiger partial charge is 0.493 e. The molecule has 4 heteroatoms. The molecule has 0 saturated carbocycles. The number of rotatable bonds is 6. The lowest BCUT2D eigenvalue weighted by atomic mass is 9.82. The summed E-state index contributed by atoms with van der Waals surface area (Å²) < 4.78 is 10.8. The Bertz CT molecular complexity index is 489. The summed E-state index contributed by atoms with van der Waals surface area (Å²) in [6.07, 6.45) is 0.399. The van der Waals surface area contributed by atoms with Crippen LogP contribution in [0.25, 0.3) is 0 Å². The minimum absolute atomic E-state index is 0.286. The maximum atomic E-state index is 11.4. The van der Waals surface area contributed by atoms with E-state index in [1.807, 2.05) is 12.1 Å². The molecule has 0 aliphatic heterocycles. The van der Waals surface area contributed by atoms with E-state index >= 15 is 0 Å². The van der Waals surface area contributed by atoms with Gasteiger partial charge in [0.05, 0.1) is 19.6 Å². The maximum absolute atomic E-state index is 11.4. The second kappa shape index (κ2) is 6.16. The van der Waals surface area contributed by atoms with E-state index in [1.54, 1.807) is 28.1 Å². The van der Waals surface area contributed by atoms with Gasteiger partial charge in [-0.15, -0.1) is 0 Å². The van der Waals surface area contributed by atoms with Crippen molar-refractivity contribution in [3.63, 3.8) is 0 Å². The standard InChI is InChI=1S/C16H24O4/c1-10(2)11-7-8-13(19-5)14(20-6)12(11)9-16(3,4)15(17)18/h7-8,10H,9H2,1-6H3,(H,17,18). The number of carboxylic acid groups (broad SMARTS) is 1. The quantitative estimate of drug-likeness (QED) is 0.866. The van der Waals surface area contributed by atoms with Gasteiger partial charge in [-0.2, -0.15) is 0 Å². The molecule has 0 bridgehead atoms. The topological polar surface area (TPSA) is 55.8 Å². The van der Waals surface area contributed by atoms with E-state index in [0.717, 1.165) is 11.1 Å². The van der Waals surface area contributed by atoms with Crippen molar-refractivity contribution in [2.45, 2.75) is 40.0 Å². The third kappa shape index (κ3) is 3.24. The Kier molecular flexibility index (Phi) is 5.03. The van der Waals surface area contributed by atoms with Gasteiger partial charge in [-0.3, -0.25) is 4.79 Å². The first kappa shape index (κ1) is 16.3. The predicted molar refractivity (Wildman–Crippen MR) is 78.8 cm³/mol. The molecule has 4 nitrogen and oxygen atoms in total. The van der Waals surface area contributed by atoms with Crippen molar-refractivity contribution in [3.8, 4) is 11.5 Å². The van der Waals surface area contributed by atoms with Crippen LogP contribution in [0, 0.1) is 5.41 Å². The van der Waals surface area contributed by atoms with E-state index in [9.17, 15) is 9.90 Å². The summed E-state index contributed by atoms with van der Waals surface area (Å²) >= 11 is 0. The van der Waals surface area contributed by atoms with Gasteiger partial charge in [0.1, 0.15) is 0 Å². The van der Waals surface area contributed by atoms with Crippen molar-refractivity contribution >= 4 is 5.97 Å². The second-order valence-corrected chi connectivity index (χ2v) is 5.89. The molecule has 0 amide bonds. The average Bonchev–Trinajstić information content (AvgIpc) is 2.36. The van der Waals surface area contributed by atoms with E-state index in [1.165, 1.54) is 0 Å². The van der Waals surface area contributed by atoms with Crippen LogP contribution >= 0.6 is 0 Å². The van der Waals surface area contributed by atoms with E-state index < -0.39 is 11.4 Å². The molecule has 0 fully saturated rings. The van der Waals surface area contributed by atoms with Gasteiger partial charge in [0.25, 0.3) is 0 Å². The molecule has 0 spiro atoms. The monoisotopic (exact) mass is 280 g/mol. The molecule has 0 aliphatic rings. The average molecular weight is 280 g/mol. The molecule has 1 aromatic rings. The molecule has 20 heavy (non-hydrogen) atoms. The van der Waals surface area contributed by atoms with Gasteiger partial charge in [-0.25, -0.2) is 0 Å². The van der Waals surface area contributed by atoms with Crippen molar-refractivity contribution in [1.82, 2.24) is 0 Å². The highest BCUT2D eigenvalue weighted by atomic mass is 16.5.